The van der Waals surface area contributed by atoms with Gasteiger partial charge in [0, 0.05) is 18.6 Å². The molecule has 1 aromatic heterocycles. The minimum Gasteiger partial charge on any atom is -0.396 e. The number of aryl methyl sites for hydroxylation is 1. The topological polar surface area (TPSA) is 58.0 Å². The normalized spacial score (nSPS) is 24.8. The van der Waals surface area contributed by atoms with Crippen molar-refractivity contribution in [2.24, 2.45) is 5.92 Å². The summed E-state index contributed by atoms with van der Waals surface area (Å²) in [7, 11) is 0. The summed E-state index contributed by atoms with van der Waals surface area (Å²) in [5.41, 5.74) is 0.337. The van der Waals surface area contributed by atoms with Crippen LogP contribution in [-0.2, 0) is 0 Å². The van der Waals surface area contributed by atoms with Crippen LogP contribution in [0.4, 0.5) is 10.2 Å². The average Bonchev–Trinajstić information content (AvgIpc) is 2.92. The van der Waals surface area contributed by atoms with Gasteiger partial charge in [0.15, 0.2) is 11.6 Å². The van der Waals surface area contributed by atoms with Crippen molar-refractivity contribution in [1.82, 2.24) is 9.97 Å². The van der Waals surface area contributed by atoms with E-state index in [1.807, 2.05) is 0 Å². The molecule has 0 aliphatic heterocycles. The first kappa shape index (κ1) is 9.33. The molecule has 14 heavy (non-hydrogen) atoms. The van der Waals surface area contributed by atoms with Crippen LogP contribution in [0, 0.1) is 18.7 Å². The SMILES string of the molecule is Cc1ncnc(N[C@@H]2C[C@H]2CO)c1F. The van der Waals surface area contributed by atoms with Crippen molar-refractivity contribution < 1.29 is 9.50 Å². The third-order valence-electron chi connectivity index (χ3n) is 2.44. The Bertz CT molecular complexity index is 345. The van der Waals surface area contributed by atoms with Crippen LogP contribution in [0.3, 0.4) is 0 Å². The molecule has 5 heteroatoms. The molecule has 1 aromatic rings. The van der Waals surface area contributed by atoms with E-state index in [0.29, 0.717) is 5.69 Å². The minimum absolute atomic E-state index is 0.142. The second kappa shape index (κ2) is 3.49. The fourth-order valence-corrected chi connectivity index (χ4v) is 1.36. The second-order valence-electron chi connectivity index (χ2n) is 3.55. The summed E-state index contributed by atoms with van der Waals surface area (Å²) in [4.78, 5) is 7.54. The zero-order chi connectivity index (χ0) is 10.1. The Balaban J connectivity index is 2.07. The van der Waals surface area contributed by atoms with E-state index in [-0.39, 0.29) is 24.4 Å². The highest BCUT2D eigenvalue weighted by atomic mass is 19.1. The van der Waals surface area contributed by atoms with E-state index >= 15 is 0 Å². The number of halogens is 1. The van der Waals surface area contributed by atoms with Crippen molar-refractivity contribution in [2.75, 3.05) is 11.9 Å². The number of nitrogens with one attached hydrogen (secondary N) is 1. The van der Waals surface area contributed by atoms with Gasteiger partial charge in [-0.15, -0.1) is 0 Å². The molecule has 1 aliphatic rings. The van der Waals surface area contributed by atoms with E-state index in [2.05, 4.69) is 15.3 Å². The monoisotopic (exact) mass is 197 g/mol. The van der Waals surface area contributed by atoms with Gasteiger partial charge in [0.2, 0.25) is 0 Å². The molecule has 1 aliphatic carbocycles. The first-order chi connectivity index (χ1) is 6.72. The molecule has 0 unspecified atom stereocenters. The molecule has 0 aromatic carbocycles. The number of aliphatic hydroxyl groups is 1. The van der Waals surface area contributed by atoms with Crippen molar-refractivity contribution in [2.45, 2.75) is 19.4 Å². The number of aliphatic hydroxyl groups excluding tert-OH is 1. The molecule has 4 nitrogen and oxygen atoms in total. The molecule has 0 saturated heterocycles. The smallest absolute Gasteiger partial charge is 0.186 e. The van der Waals surface area contributed by atoms with Gasteiger partial charge >= 0.3 is 0 Å². The number of nitrogens with zero attached hydrogens (tertiary/aromatic N) is 2. The Kier molecular flexibility index (Phi) is 2.33. The van der Waals surface area contributed by atoms with Crippen LogP contribution >= 0.6 is 0 Å². The summed E-state index contributed by atoms with van der Waals surface area (Å²) >= 11 is 0. The molecule has 0 radical (unpaired) electrons. The number of hydrogen-bond acceptors (Lipinski definition) is 4. The van der Waals surface area contributed by atoms with Gasteiger partial charge in [0.1, 0.15) is 6.33 Å². The van der Waals surface area contributed by atoms with Crippen LogP contribution in [0.5, 0.6) is 0 Å². The lowest BCUT2D eigenvalue weighted by Crippen LogP contribution is -2.10. The van der Waals surface area contributed by atoms with Crippen LogP contribution in [0.1, 0.15) is 12.1 Å². The van der Waals surface area contributed by atoms with Crippen LogP contribution in [0.15, 0.2) is 6.33 Å². The van der Waals surface area contributed by atoms with Crippen LogP contribution < -0.4 is 5.32 Å². The zero-order valence-electron chi connectivity index (χ0n) is 7.87. The number of hydrogen-bond donors (Lipinski definition) is 2. The van der Waals surface area contributed by atoms with E-state index < -0.39 is 5.82 Å². The molecule has 0 amide bonds. The van der Waals surface area contributed by atoms with Gasteiger partial charge in [-0.3, -0.25) is 0 Å². The molecule has 1 saturated carbocycles. The Morgan fingerprint density at radius 2 is 2.43 bits per heavy atom. The van der Waals surface area contributed by atoms with Gasteiger partial charge in [-0.05, 0) is 13.3 Å². The van der Waals surface area contributed by atoms with Crippen molar-refractivity contribution in [3.63, 3.8) is 0 Å². The van der Waals surface area contributed by atoms with Crippen molar-refractivity contribution >= 4 is 5.82 Å². The Morgan fingerprint density at radius 3 is 3.07 bits per heavy atom. The van der Waals surface area contributed by atoms with E-state index in [1.165, 1.54) is 6.33 Å². The fourth-order valence-electron chi connectivity index (χ4n) is 1.36. The lowest BCUT2D eigenvalue weighted by Gasteiger charge is -2.05. The molecule has 2 atom stereocenters. The highest BCUT2D eigenvalue weighted by Crippen LogP contribution is 2.32. The van der Waals surface area contributed by atoms with Crippen LogP contribution in [0.25, 0.3) is 0 Å². The molecule has 76 valence electrons. The van der Waals surface area contributed by atoms with Crippen molar-refractivity contribution in [1.29, 1.82) is 0 Å². The van der Waals surface area contributed by atoms with E-state index in [0.717, 1.165) is 6.42 Å². The highest BCUT2D eigenvalue weighted by Gasteiger charge is 2.37. The molecule has 0 spiro atoms. The maximum atomic E-state index is 13.4. The molecular formula is C9H12FN3O. The maximum Gasteiger partial charge on any atom is 0.186 e. The predicted octanol–water partition coefficient (Wildman–Crippen LogP) is 0.717. The number of rotatable bonds is 3. The van der Waals surface area contributed by atoms with Gasteiger partial charge in [-0.2, -0.15) is 0 Å². The minimum atomic E-state index is -0.406. The number of anilines is 1. The van der Waals surface area contributed by atoms with Gasteiger partial charge in [-0.1, -0.05) is 0 Å². The Labute approximate surface area is 81.2 Å². The van der Waals surface area contributed by atoms with Crippen molar-refractivity contribution in [3.8, 4) is 0 Å². The largest absolute Gasteiger partial charge is 0.396 e. The summed E-state index contributed by atoms with van der Waals surface area (Å²) in [5, 5.41) is 11.8. The zero-order valence-corrected chi connectivity index (χ0v) is 7.87. The van der Waals surface area contributed by atoms with Gasteiger partial charge < -0.3 is 10.4 Å². The summed E-state index contributed by atoms with van der Waals surface area (Å²) in [6.45, 7) is 1.74. The predicted molar refractivity (Wildman–Crippen MR) is 49.3 cm³/mol. The second-order valence-corrected chi connectivity index (χ2v) is 3.55. The van der Waals surface area contributed by atoms with E-state index in [1.54, 1.807) is 6.92 Å². The van der Waals surface area contributed by atoms with Crippen molar-refractivity contribution in [3.05, 3.63) is 17.8 Å². The van der Waals surface area contributed by atoms with Crippen LogP contribution in [0.2, 0.25) is 0 Å². The molecule has 1 fully saturated rings. The standard InChI is InChI=1S/C9H12FN3O/c1-5-8(10)9(12-4-11-5)13-7-2-6(7)3-14/h4,6-7,14H,2-3H2,1H3,(H,11,12,13)/t6-,7+/m0/s1. The first-order valence-electron chi connectivity index (χ1n) is 4.57. The molecule has 0 bridgehead atoms. The molecular weight excluding hydrogens is 185 g/mol. The molecule has 2 rings (SSSR count). The van der Waals surface area contributed by atoms with Gasteiger partial charge in [0.05, 0.1) is 5.69 Å². The average molecular weight is 197 g/mol. The van der Waals surface area contributed by atoms with Crippen LogP contribution in [-0.4, -0.2) is 27.7 Å². The first-order valence-corrected chi connectivity index (χ1v) is 4.57. The van der Waals surface area contributed by atoms with Gasteiger partial charge in [-0.25, -0.2) is 14.4 Å². The summed E-state index contributed by atoms with van der Waals surface area (Å²) < 4.78 is 13.4. The quantitative estimate of drug-likeness (QED) is 0.749. The van der Waals surface area contributed by atoms with E-state index in [9.17, 15) is 4.39 Å². The Morgan fingerprint density at radius 1 is 1.64 bits per heavy atom. The third-order valence-corrected chi connectivity index (χ3v) is 2.44. The highest BCUT2D eigenvalue weighted by molar-refractivity contribution is 5.39. The maximum absolute atomic E-state index is 13.4. The molecule has 2 N–H and O–H groups in total. The third kappa shape index (κ3) is 1.68. The Hall–Kier alpha value is -1.23. The van der Waals surface area contributed by atoms with E-state index in [4.69, 9.17) is 5.11 Å². The molecule has 1 heterocycles. The lowest BCUT2D eigenvalue weighted by atomic mass is 10.4. The summed E-state index contributed by atoms with van der Waals surface area (Å²) in [5.74, 6) is 0.0687. The lowest BCUT2D eigenvalue weighted by molar-refractivity contribution is 0.275. The number of aromatic nitrogens is 2. The fraction of sp³-hybridized carbons (Fsp3) is 0.556. The summed E-state index contributed by atoms with van der Waals surface area (Å²) in [6.07, 6.45) is 2.20. The van der Waals surface area contributed by atoms with Gasteiger partial charge in [0.25, 0.3) is 0 Å². The summed E-state index contributed by atoms with van der Waals surface area (Å²) in [6, 6.07) is 0.156.